The first kappa shape index (κ1) is 13.4. The number of nitrogens with one attached hydrogen (secondary N) is 1. The summed E-state index contributed by atoms with van der Waals surface area (Å²) in [5.74, 6) is 0. The third-order valence-electron chi connectivity index (χ3n) is 4.55. The molecule has 0 radical (unpaired) electrons. The fraction of sp³-hybridized carbons (Fsp3) is 0.200. The van der Waals surface area contributed by atoms with E-state index in [4.69, 9.17) is 0 Å². The summed E-state index contributed by atoms with van der Waals surface area (Å²) in [5.41, 5.74) is 6.77. The van der Waals surface area contributed by atoms with Crippen LogP contribution in [0.15, 0.2) is 60.7 Å². The summed E-state index contributed by atoms with van der Waals surface area (Å²) < 4.78 is 2.36. The average Bonchev–Trinajstić information content (AvgIpc) is 2.81. The lowest BCUT2D eigenvalue weighted by atomic mass is 9.95. The first-order valence-corrected chi connectivity index (χ1v) is 7.89. The lowest BCUT2D eigenvalue weighted by Crippen LogP contribution is -2.20. The molecule has 0 bridgehead atoms. The Bertz CT molecular complexity index is 841. The molecule has 0 saturated heterocycles. The number of hydrogen-bond donors (Lipinski definition) is 1. The molecule has 2 heteroatoms. The number of fused-ring (bicyclic) bond motifs is 3. The van der Waals surface area contributed by atoms with Crippen LogP contribution < -0.4 is 5.32 Å². The van der Waals surface area contributed by atoms with Gasteiger partial charge >= 0.3 is 0 Å². The molecule has 2 nitrogen and oxygen atoms in total. The van der Waals surface area contributed by atoms with Gasteiger partial charge in [-0.2, -0.15) is 0 Å². The molecule has 0 unspecified atom stereocenters. The SMILES string of the molecule is Cn1c2c(c3ccccc31)CCNC/C=C\2c1ccccc1. The van der Waals surface area contributed by atoms with Gasteiger partial charge in [0, 0.05) is 30.1 Å². The zero-order valence-corrected chi connectivity index (χ0v) is 12.8. The third kappa shape index (κ3) is 2.08. The monoisotopic (exact) mass is 288 g/mol. The molecule has 0 atom stereocenters. The molecule has 0 saturated carbocycles. The molecule has 1 aliphatic heterocycles. The number of aryl methyl sites for hydroxylation is 1. The molecule has 1 aliphatic rings. The maximum atomic E-state index is 3.52. The van der Waals surface area contributed by atoms with Gasteiger partial charge in [0.25, 0.3) is 0 Å². The van der Waals surface area contributed by atoms with Gasteiger partial charge in [0.1, 0.15) is 0 Å². The minimum absolute atomic E-state index is 0.922. The van der Waals surface area contributed by atoms with Crippen molar-refractivity contribution in [1.82, 2.24) is 9.88 Å². The molecule has 1 aromatic heterocycles. The summed E-state index contributed by atoms with van der Waals surface area (Å²) in [4.78, 5) is 0. The van der Waals surface area contributed by atoms with E-state index < -0.39 is 0 Å². The highest BCUT2D eigenvalue weighted by atomic mass is 15.0. The van der Waals surface area contributed by atoms with Gasteiger partial charge in [-0.05, 0) is 30.2 Å². The summed E-state index contributed by atoms with van der Waals surface area (Å²) in [7, 11) is 2.19. The average molecular weight is 288 g/mol. The number of para-hydroxylation sites is 1. The molecule has 4 rings (SSSR count). The molecule has 22 heavy (non-hydrogen) atoms. The molecule has 0 spiro atoms. The van der Waals surface area contributed by atoms with Crippen LogP contribution in [0.3, 0.4) is 0 Å². The molecule has 0 amide bonds. The van der Waals surface area contributed by atoms with Crippen LogP contribution in [0.4, 0.5) is 0 Å². The summed E-state index contributed by atoms with van der Waals surface area (Å²) in [6.07, 6.45) is 3.40. The Balaban J connectivity index is 2.03. The smallest absolute Gasteiger partial charge is 0.0525 e. The quantitative estimate of drug-likeness (QED) is 0.721. The number of aromatic nitrogens is 1. The van der Waals surface area contributed by atoms with E-state index >= 15 is 0 Å². The Hall–Kier alpha value is -2.32. The molecule has 2 aromatic carbocycles. The second-order valence-corrected chi connectivity index (χ2v) is 5.84. The molecule has 3 aromatic rings. The number of nitrogens with zero attached hydrogens (tertiary/aromatic N) is 1. The van der Waals surface area contributed by atoms with Crippen LogP contribution in [-0.2, 0) is 13.5 Å². The first-order chi connectivity index (χ1) is 10.9. The highest BCUT2D eigenvalue weighted by molar-refractivity contribution is 5.93. The maximum absolute atomic E-state index is 3.52. The van der Waals surface area contributed by atoms with Gasteiger partial charge < -0.3 is 9.88 Å². The van der Waals surface area contributed by atoms with E-state index in [1.807, 2.05) is 0 Å². The largest absolute Gasteiger partial charge is 0.343 e. The van der Waals surface area contributed by atoms with Crippen molar-refractivity contribution in [3.63, 3.8) is 0 Å². The van der Waals surface area contributed by atoms with E-state index in [9.17, 15) is 0 Å². The van der Waals surface area contributed by atoms with Crippen molar-refractivity contribution < 1.29 is 0 Å². The van der Waals surface area contributed by atoms with Gasteiger partial charge in [-0.15, -0.1) is 0 Å². The second kappa shape index (κ2) is 5.47. The van der Waals surface area contributed by atoms with Crippen LogP contribution in [-0.4, -0.2) is 17.7 Å². The third-order valence-corrected chi connectivity index (χ3v) is 4.55. The molecule has 0 aliphatic carbocycles. The van der Waals surface area contributed by atoms with E-state index in [2.05, 4.69) is 77.6 Å². The standard InChI is InChI=1S/C20H20N2/c1-22-19-10-6-5-9-17(19)18-12-14-21-13-11-16(20(18)22)15-7-3-2-4-8-15/h2-11,21H,12-14H2,1H3/b16-11-. The summed E-state index contributed by atoms with van der Waals surface area (Å²) in [5, 5.41) is 4.90. The highest BCUT2D eigenvalue weighted by Gasteiger charge is 2.19. The van der Waals surface area contributed by atoms with Crippen molar-refractivity contribution in [2.45, 2.75) is 6.42 Å². The van der Waals surface area contributed by atoms with Gasteiger partial charge in [-0.25, -0.2) is 0 Å². The Labute approximate surface area is 131 Å². The Morgan fingerprint density at radius 3 is 2.59 bits per heavy atom. The Kier molecular flexibility index (Phi) is 3.32. The summed E-state index contributed by atoms with van der Waals surface area (Å²) >= 11 is 0. The van der Waals surface area contributed by atoms with E-state index in [-0.39, 0.29) is 0 Å². The number of rotatable bonds is 1. The predicted molar refractivity (Wildman–Crippen MR) is 93.0 cm³/mol. The second-order valence-electron chi connectivity index (χ2n) is 5.84. The fourth-order valence-corrected chi connectivity index (χ4v) is 3.53. The molecular weight excluding hydrogens is 268 g/mol. The van der Waals surface area contributed by atoms with Crippen molar-refractivity contribution in [1.29, 1.82) is 0 Å². The molecule has 0 fully saturated rings. The minimum atomic E-state index is 0.922. The lowest BCUT2D eigenvalue weighted by Gasteiger charge is -2.16. The Morgan fingerprint density at radius 1 is 0.955 bits per heavy atom. The Morgan fingerprint density at radius 2 is 1.73 bits per heavy atom. The molecule has 2 heterocycles. The minimum Gasteiger partial charge on any atom is -0.343 e. The molecule has 1 N–H and O–H groups in total. The topological polar surface area (TPSA) is 17.0 Å². The number of hydrogen-bond acceptors (Lipinski definition) is 1. The van der Waals surface area contributed by atoms with Crippen LogP contribution in [0.2, 0.25) is 0 Å². The van der Waals surface area contributed by atoms with Gasteiger partial charge in [-0.1, -0.05) is 54.6 Å². The zero-order chi connectivity index (χ0) is 14.9. The van der Waals surface area contributed by atoms with Gasteiger partial charge in [0.05, 0.1) is 5.69 Å². The van der Waals surface area contributed by atoms with E-state index in [1.165, 1.54) is 33.3 Å². The summed E-state index contributed by atoms with van der Waals surface area (Å²) in [6.45, 7) is 1.95. The van der Waals surface area contributed by atoms with Crippen molar-refractivity contribution in [2.24, 2.45) is 7.05 Å². The molecular formula is C20H20N2. The normalized spacial score (nSPS) is 17.4. The van der Waals surface area contributed by atoms with Crippen LogP contribution >= 0.6 is 0 Å². The first-order valence-electron chi connectivity index (χ1n) is 7.89. The van der Waals surface area contributed by atoms with E-state index in [0.717, 1.165) is 19.5 Å². The van der Waals surface area contributed by atoms with Gasteiger partial charge in [0.2, 0.25) is 0 Å². The predicted octanol–water partition coefficient (Wildman–Crippen LogP) is 3.76. The maximum Gasteiger partial charge on any atom is 0.0525 e. The van der Waals surface area contributed by atoms with Crippen LogP contribution in [0.1, 0.15) is 16.8 Å². The van der Waals surface area contributed by atoms with Crippen molar-refractivity contribution in [2.75, 3.05) is 13.1 Å². The van der Waals surface area contributed by atoms with Crippen molar-refractivity contribution in [3.8, 4) is 0 Å². The van der Waals surface area contributed by atoms with Gasteiger partial charge in [-0.3, -0.25) is 0 Å². The zero-order valence-electron chi connectivity index (χ0n) is 12.8. The molecule has 110 valence electrons. The number of benzene rings is 2. The van der Waals surface area contributed by atoms with Crippen LogP contribution in [0.25, 0.3) is 16.5 Å². The lowest BCUT2D eigenvalue weighted by molar-refractivity contribution is 0.737. The van der Waals surface area contributed by atoms with E-state index in [1.54, 1.807) is 0 Å². The highest BCUT2D eigenvalue weighted by Crippen LogP contribution is 2.34. The van der Waals surface area contributed by atoms with E-state index in [0.29, 0.717) is 0 Å². The van der Waals surface area contributed by atoms with Gasteiger partial charge in [0.15, 0.2) is 0 Å². The van der Waals surface area contributed by atoms with Crippen LogP contribution in [0.5, 0.6) is 0 Å². The van der Waals surface area contributed by atoms with Crippen molar-refractivity contribution in [3.05, 3.63) is 77.5 Å². The fourth-order valence-electron chi connectivity index (χ4n) is 3.53. The summed E-state index contributed by atoms with van der Waals surface area (Å²) in [6, 6.07) is 19.4. The van der Waals surface area contributed by atoms with Crippen LogP contribution in [0, 0.1) is 0 Å². The van der Waals surface area contributed by atoms with Crippen molar-refractivity contribution >= 4 is 16.5 Å².